The summed E-state index contributed by atoms with van der Waals surface area (Å²) in [6.45, 7) is 2.68. The lowest BCUT2D eigenvalue weighted by Gasteiger charge is -2.08. The van der Waals surface area contributed by atoms with E-state index in [4.69, 9.17) is 0 Å². The van der Waals surface area contributed by atoms with Gasteiger partial charge in [0.1, 0.15) is 11.9 Å². The lowest BCUT2D eigenvalue weighted by Crippen LogP contribution is -2.11. The molecule has 0 bridgehead atoms. The number of oxazole rings is 1. The number of aromatic nitrogens is 1. The molecule has 4 heteroatoms. The monoisotopic (exact) mass is 145 g/mol. The fourth-order valence-electron chi connectivity index (χ4n) is 0.570. The molecule has 3 nitrogen and oxygen atoms in total. The first-order valence-corrected chi connectivity index (χ1v) is 2.87. The van der Waals surface area contributed by atoms with Gasteiger partial charge in [0, 0.05) is 0 Å². The molecule has 0 saturated carbocycles. The van der Waals surface area contributed by atoms with Crippen molar-refractivity contribution in [3.8, 4) is 0 Å². The van der Waals surface area contributed by atoms with Crippen LogP contribution in [0.15, 0.2) is 15.5 Å². The third kappa shape index (κ3) is 1.26. The summed E-state index contributed by atoms with van der Waals surface area (Å²) in [6, 6.07) is 0. The first-order valence-electron chi connectivity index (χ1n) is 2.87. The summed E-state index contributed by atoms with van der Waals surface area (Å²) in [4.78, 5) is 12.6. The summed E-state index contributed by atoms with van der Waals surface area (Å²) in [5.74, 6) is -0.624. The van der Waals surface area contributed by atoms with E-state index in [1.54, 1.807) is 0 Å². The van der Waals surface area contributed by atoms with E-state index in [1.807, 2.05) is 0 Å². The Morgan fingerprint density at radius 3 is 2.50 bits per heavy atom. The maximum absolute atomic E-state index is 12.9. The number of H-pyrrole nitrogens is 1. The van der Waals surface area contributed by atoms with Gasteiger partial charge in [-0.05, 0) is 13.8 Å². The molecule has 0 amide bonds. The van der Waals surface area contributed by atoms with Gasteiger partial charge in [-0.1, -0.05) is 0 Å². The number of rotatable bonds is 1. The third-order valence-electron chi connectivity index (χ3n) is 1.16. The molecular formula is C6H8FNO2. The fourth-order valence-corrected chi connectivity index (χ4v) is 0.570. The molecule has 0 aliphatic rings. The van der Waals surface area contributed by atoms with E-state index in [2.05, 4.69) is 9.40 Å². The van der Waals surface area contributed by atoms with Crippen LogP contribution in [0.2, 0.25) is 0 Å². The highest BCUT2D eigenvalue weighted by molar-refractivity contribution is 5.01. The van der Waals surface area contributed by atoms with Crippen LogP contribution in [0.4, 0.5) is 4.39 Å². The quantitative estimate of drug-likeness (QED) is 0.644. The minimum atomic E-state index is -1.54. The first kappa shape index (κ1) is 7.05. The third-order valence-corrected chi connectivity index (χ3v) is 1.16. The van der Waals surface area contributed by atoms with Crippen LogP contribution in [-0.2, 0) is 5.67 Å². The van der Waals surface area contributed by atoms with Crippen LogP contribution in [-0.4, -0.2) is 4.98 Å². The normalized spacial score (nSPS) is 11.9. The van der Waals surface area contributed by atoms with Gasteiger partial charge in [-0.25, -0.2) is 9.18 Å². The second kappa shape index (κ2) is 1.97. The smallest absolute Gasteiger partial charge is 0.416 e. The second-order valence-electron chi connectivity index (χ2n) is 2.53. The van der Waals surface area contributed by atoms with Gasteiger partial charge in [0.25, 0.3) is 0 Å². The van der Waals surface area contributed by atoms with E-state index in [0.717, 1.165) is 6.26 Å². The number of hydrogen-bond acceptors (Lipinski definition) is 2. The predicted octanol–water partition coefficient (Wildman–Crippen LogP) is 1.17. The van der Waals surface area contributed by atoms with Gasteiger partial charge in [-0.3, -0.25) is 4.98 Å². The van der Waals surface area contributed by atoms with Crippen LogP contribution in [0.3, 0.4) is 0 Å². The molecule has 1 aromatic rings. The van der Waals surface area contributed by atoms with Crippen molar-refractivity contribution in [2.45, 2.75) is 19.5 Å². The highest BCUT2D eigenvalue weighted by Crippen LogP contribution is 2.20. The van der Waals surface area contributed by atoms with Crippen LogP contribution in [0.5, 0.6) is 0 Å². The SMILES string of the molecule is CC(C)(F)c1coc(=O)[nH]1. The van der Waals surface area contributed by atoms with Gasteiger partial charge in [0.2, 0.25) is 0 Å². The van der Waals surface area contributed by atoms with Crippen molar-refractivity contribution in [3.05, 3.63) is 22.5 Å². The van der Waals surface area contributed by atoms with Gasteiger partial charge >= 0.3 is 5.76 Å². The zero-order valence-corrected chi connectivity index (χ0v) is 5.77. The highest BCUT2D eigenvalue weighted by atomic mass is 19.1. The summed E-state index contributed by atoms with van der Waals surface area (Å²) in [7, 11) is 0. The number of alkyl halides is 1. The number of halogens is 1. The molecule has 0 aromatic carbocycles. The summed E-state index contributed by atoms with van der Waals surface area (Å²) in [5.41, 5.74) is -1.37. The van der Waals surface area contributed by atoms with Crippen molar-refractivity contribution in [1.29, 1.82) is 0 Å². The minimum Gasteiger partial charge on any atom is -0.416 e. The van der Waals surface area contributed by atoms with Crippen LogP contribution in [0.25, 0.3) is 0 Å². The molecule has 0 unspecified atom stereocenters. The van der Waals surface area contributed by atoms with E-state index in [1.165, 1.54) is 13.8 Å². The summed E-state index contributed by atoms with van der Waals surface area (Å²) in [6.07, 6.45) is 1.09. The zero-order chi connectivity index (χ0) is 7.78. The minimum absolute atomic E-state index is 0.164. The highest BCUT2D eigenvalue weighted by Gasteiger charge is 2.21. The van der Waals surface area contributed by atoms with Crippen LogP contribution in [0.1, 0.15) is 19.5 Å². The van der Waals surface area contributed by atoms with Crippen molar-refractivity contribution >= 4 is 0 Å². The maximum Gasteiger partial charge on any atom is 0.416 e. The number of hydrogen-bond donors (Lipinski definition) is 1. The molecule has 1 aromatic heterocycles. The lowest BCUT2D eigenvalue weighted by atomic mass is 10.1. The van der Waals surface area contributed by atoms with Gasteiger partial charge in [0.05, 0.1) is 5.69 Å². The van der Waals surface area contributed by atoms with Crippen LogP contribution in [0, 0.1) is 0 Å². The van der Waals surface area contributed by atoms with Crippen LogP contribution < -0.4 is 5.76 Å². The molecule has 0 aliphatic carbocycles. The largest absolute Gasteiger partial charge is 0.416 e. The predicted molar refractivity (Wildman–Crippen MR) is 33.5 cm³/mol. The summed E-state index contributed by atoms with van der Waals surface area (Å²) in [5, 5.41) is 0. The molecule has 0 atom stereocenters. The summed E-state index contributed by atoms with van der Waals surface area (Å²) >= 11 is 0. The van der Waals surface area contributed by atoms with E-state index in [9.17, 15) is 9.18 Å². The Balaban J connectivity index is 3.07. The Morgan fingerprint density at radius 1 is 1.70 bits per heavy atom. The van der Waals surface area contributed by atoms with E-state index < -0.39 is 11.4 Å². The lowest BCUT2D eigenvalue weighted by molar-refractivity contribution is 0.214. The first-order chi connectivity index (χ1) is 4.50. The van der Waals surface area contributed by atoms with Gasteiger partial charge in [-0.2, -0.15) is 0 Å². The molecule has 1 rings (SSSR count). The molecule has 1 N–H and O–H groups in total. The topological polar surface area (TPSA) is 46.0 Å². The molecule has 0 aliphatic heterocycles. The Morgan fingerprint density at radius 2 is 2.30 bits per heavy atom. The number of nitrogens with one attached hydrogen (secondary N) is 1. The number of aromatic amines is 1. The molecule has 0 fully saturated rings. The Labute approximate surface area is 56.9 Å². The van der Waals surface area contributed by atoms with E-state index in [-0.39, 0.29) is 5.69 Å². The molecule has 10 heavy (non-hydrogen) atoms. The zero-order valence-electron chi connectivity index (χ0n) is 5.77. The molecule has 56 valence electrons. The van der Waals surface area contributed by atoms with Crippen molar-refractivity contribution < 1.29 is 8.81 Å². The van der Waals surface area contributed by atoms with Crippen molar-refractivity contribution in [2.75, 3.05) is 0 Å². The average Bonchev–Trinajstić information content (AvgIpc) is 2.11. The second-order valence-corrected chi connectivity index (χ2v) is 2.53. The molecular weight excluding hydrogens is 137 g/mol. The molecule has 0 saturated heterocycles. The standard InChI is InChI=1S/C6H8FNO2/c1-6(2,7)4-3-10-5(9)8-4/h3H,1-2H3,(H,8,9). The maximum atomic E-state index is 12.9. The van der Waals surface area contributed by atoms with Gasteiger partial charge in [0.15, 0.2) is 0 Å². The van der Waals surface area contributed by atoms with Crippen LogP contribution >= 0.6 is 0 Å². The van der Waals surface area contributed by atoms with Crippen molar-refractivity contribution in [3.63, 3.8) is 0 Å². The molecule has 0 spiro atoms. The Bertz CT molecular complexity index is 268. The molecule has 0 radical (unpaired) electrons. The Kier molecular flexibility index (Phi) is 1.39. The van der Waals surface area contributed by atoms with E-state index in [0.29, 0.717) is 0 Å². The van der Waals surface area contributed by atoms with Crippen molar-refractivity contribution in [1.82, 2.24) is 4.98 Å². The van der Waals surface area contributed by atoms with Crippen molar-refractivity contribution in [2.24, 2.45) is 0 Å². The van der Waals surface area contributed by atoms with Gasteiger partial charge in [-0.15, -0.1) is 0 Å². The Hall–Kier alpha value is -1.06. The fraction of sp³-hybridized carbons (Fsp3) is 0.500. The van der Waals surface area contributed by atoms with E-state index >= 15 is 0 Å². The molecule has 1 heterocycles. The summed E-state index contributed by atoms with van der Waals surface area (Å²) < 4.78 is 17.2. The average molecular weight is 145 g/mol. The van der Waals surface area contributed by atoms with Gasteiger partial charge < -0.3 is 4.42 Å².